The number of hydrogen-bond acceptors (Lipinski definition) is 2. The molecule has 2 nitrogen and oxygen atoms in total. The van der Waals surface area contributed by atoms with E-state index in [0.29, 0.717) is 28.7 Å². The smallest absolute Gasteiger partial charge is 0.198 e. The van der Waals surface area contributed by atoms with E-state index in [2.05, 4.69) is 0 Å². The molecule has 0 saturated heterocycles. The van der Waals surface area contributed by atoms with E-state index in [1.54, 1.807) is 12.1 Å². The molecule has 94 valence electrons. The minimum Gasteiger partial charge on any atom is -0.451 e. The van der Waals surface area contributed by atoms with Gasteiger partial charge < -0.3 is 4.42 Å². The Morgan fingerprint density at radius 1 is 1.33 bits per heavy atom. The van der Waals surface area contributed by atoms with Crippen LogP contribution < -0.4 is 0 Å². The number of carbonyl (C=O) groups excluding carboxylic acids is 1. The number of para-hydroxylation sites is 1. The molecule has 0 amide bonds. The van der Waals surface area contributed by atoms with Gasteiger partial charge in [0.25, 0.3) is 0 Å². The predicted octanol–water partition coefficient (Wildman–Crippen LogP) is 4.85. The maximum absolute atomic E-state index is 12.1. The Bertz CT molecular complexity index is 579. The quantitative estimate of drug-likeness (QED) is 0.740. The largest absolute Gasteiger partial charge is 0.451 e. The molecule has 0 bridgehead atoms. The molecule has 1 saturated carbocycles. The van der Waals surface area contributed by atoms with Gasteiger partial charge in [-0.3, -0.25) is 4.79 Å². The molecular formula is C15H15ClO2. The lowest BCUT2D eigenvalue weighted by Gasteiger charge is -2.05. The summed E-state index contributed by atoms with van der Waals surface area (Å²) in [5.74, 6) is 1.10. The minimum atomic E-state index is 0.106. The van der Waals surface area contributed by atoms with Gasteiger partial charge in [-0.25, -0.2) is 0 Å². The first-order chi connectivity index (χ1) is 8.74. The van der Waals surface area contributed by atoms with Crippen molar-refractivity contribution in [1.82, 2.24) is 0 Å². The van der Waals surface area contributed by atoms with Crippen LogP contribution in [0.1, 0.15) is 42.7 Å². The second-order valence-corrected chi connectivity index (χ2v) is 5.45. The van der Waals surface area contributed by atoms with Crippen molar-refractivity contribution >= 4 is 28.4 Å². The van der Waals surface area contributed by atoms with E-state index in [1.807, 2.05) is 12.1 Å². The van der Waals surface area contributed by atoms with Crippen molar-refractivity contribution < 1.29 is 9.21 Å². The van der Waals surface area contributed by atoms with E-state index in [-0.39, 0.29) is 5.78 Å². The van der Waals surface area contributed by atoms with Crippen LogP contribution in [0.2, 0.25) is 5.02 Å². The van der Waals surface area contributed by atoms with Crippen LogP contribution in [0.5, 0.6) is 0 Å². The molecule has 0 N–H and O–H groups in total. The minimum absolute atomic E-state index is 0.106. The van der Waals surface area contributed by atoms with E-state index >= 15 is 0 Å². The molecule has 1 fully saturated rings. The molecule has 0 atom stereocenters. The molecule has 1 heterocycles. The Kier molecular flexibility index (Phi) is 3.13. The average Bonchev–Trinajstić information content (AvgIpc) is 2.97. The van der Waals surface area contributed by atoms with Crippen molar-refractivity contribution in [2.75, 3.05) is 0 Å². The van der Waals surface area contributed by atoms with Gasteiger partial charge in [0.15, 0.2) is 17.1 Å². The molecule has 1 aromatic heterocycles. The van der Waals surface area contributed by atoms with Gasteiger partial charge in [0.1, 0.15) is 0 Å². The molecule has 0 aliphatic heterocycles. The Morgan fingerprint density at radius 2 is 2.11 bits per heavy atom. The number of hydrogen-bond donors (Lipinski definition) is 0. The number of furan rings is 1. The van der Waals surface area contributed by atoms with Crippen LogP contribution in [0.15, 0.2) is 28.7 Å². The van der Waals surface area contributed by atoms with Crippen LogP contribution in [0.4, 0.5) is 0 Å². The first-order valence-corrected chi connectivity index (χ1v) is 6.83. The summed E-state index contributed by atoms with van der Waals surface area (Å²) in [5.41, 5.74) is 0.619. The van der Waals surface area contributed by atoms with Crippen molar-refractivity contribution in [3.63, 3.8) is 0 Å². The van der Waals surface area contributed by atoms with Gasteiger partial charge in [-0.15, -0.1) is 0 Å². The highest BCUT2D eigenvalue weighted by Gasteiger charge is 2.21. The van der Waals surface area contributed by atoms with Crippen LogP contribution in [0, 0.1) is 5.92 Å². The zero-order valence-corrected chi connectivity index (χ0v) is 10.9. The van der Waals surface area contributed by atoms with Gasteiger partial charge in [-0.2, -0.15) is 0 Å². The van der Waals surface area contributed by atoms with Crippen molar-refractivity contribution in [3.8, 4) is 0 Å². The number of Topliss-reactive ketones (excluding diaryl/α,β-unsaturated/α-hetero) is 1. The molecule has 3 heteroatoms. The summed E-state index contributed by atoms with van der Waals surface area (Å²) in [6.07, 6.45) is 5.46. The summed E-state index contributed by atoms with van der Waals surface area (Å²) in [6, 6.07) is 7.36. The molecule has 0 spiro atoms. The fourth-order valence-electron chi connectivity index (χ4n) is 2.74. The van der Waals surface area contributed by atoms with Gasteiger partial charge in [0.2, 0.25) is 0 Å². The summed E-state index contributed by atoms with van der Waals surface area (Å²) >= 11 is 6.04. The topological polar surface area (TPSA) is 30.2 Å². The SMILES string of the molecule is O=C(CC1CCCC1)c1cc2cccc(Cl)c2o1. The number of benzene rings is 1. The molecular weight excluding hydrogens is 248 g/mol. The molecule has 1 aromatic carbocycles. The average molecular weight is 263 g/mol. The third-order valence-corrected chi connectivity index (χ3v) is 4.02. The van der Waals surface area contributed by atoms with E-state index < -0.39 is 0 Å². The summed E-state index contributed by atoms with van der Waals surface area (Å²) in [5, 5.41) is 1.46. The van der Waals surface area contributed by atoms with Gasteiger partial charge in [-0.1, -0.05) is 49.4 Å². The first kappa shape index (κ1) is 11.8. The number of carbonyl (C=O) groups is 1. The van der Waals surface area contributed by atoms with Crippen molar-refractivity contribution in [3.05, 3.63) is 35.0 Å². The predicted molar refractivity (Wildman–Crippen MR) is 72.1 cm³/mol. The van der Waals surface area contributed by atoms with Gasteiger partial charge in [0.05, 0.1) is 5.02 Å². The second-order valence-electron chi connectivity index (χ2n) is 5.05. The summed E-state index contributed by atoms with van der Waals surface area (Å²) in [4.78, 5) is 12.1. The third kappa shape index (κ3) is 2.17. The maximum Gasteiger partial charge on any atom is 0.198 e. The fourth-order valence-corrected chi connectivity index (χ4v) is 2.96. The fraction of sp³-hybridized carbons (Fsp3) is 0.400. The molecule has 0 radical (unpaired) electrons. The number of fused-ring (bicyclic) bond motifs is 1. The Labute approximate surface area is 111 Å². The summed E-state index contributed by atoms with van der Waals surface area (Å²) in [7, 11) is 0. The highest BCUT2D eigenvalue weighted by Crippen LogP contribution is 2.31. The number of rotatable bonds is 3. The van der Waals surface area contributed by atoms with Crippen LogP contribution in [-0.4, -0.2) is 5.78 Å². The Morgan fingerprint density at radius 3 is 2.83 bits per heavy atom. The lowest BCUT2D eigenvalue weighted by molar-refractivity contribution is 0.0937. The molecule has 2 aromatic rings. The van der Waals surface area contributed by atoms with E-state index in [9.17, 15) is 4.79 Å². The normalized spacial score (nSPS) is 16.5. The van der Waals surface area contributed by atoms with Crippen molar-refractivity contribution in [2.24, 2.45) is 5.92 Å². The van der Waals surface area contributed by atoms with Crippen LogP contribution in [-0.2, 0) is 0 Å². The monoisotopic (exact) mass is 262 g/mol. The number of ketones is 1. The summed E-state index contributed by atoms with van der Waals surface area (Å²) in [6.45, 7) is 0. The lowest BCUT2D eigenvalue weighted by atomic mass is 10.00. The highest BCUT2D eigenvalue weighted by molar-refractivity contribution is 6.34. The molecule has 0 unspecified atom stereocenters. The zero-order valence-electron chi connectivity index (χ0n) is 10.1. The standard InChI is InChI=1S/C15H15ClO2/c16-12-7-3-6-11-9-14(18-15(11)12)13(17)8-10-4-1-2-5-10/h3,6-7,9-10H,1-2,4-5,8H2. The van der Waals surface area contributed by atoms with Crippen molar-refractivity contribution in [2.45, 2.75) is 32.1 Å². The van der Waals surface area contributed by atoms with Crippen LogP contribution >= 0.6 is 11.6 Å². The van der Waals surface area contributed by atoms with Crippen LogP contribution in [0.25, 0.3) is 11.0 Å². The molecule has 1 aliphatic rings. The lowest BCUT2D eigenvalue weighted by Crippen LogP contribution is -2.04. The van der Waals surface area contributed by atoms with E-state index in [0.717, 1.165) is 5.39 Å². The summed E-state index contributed by atoms with van der Waals surface area (Å²) < 4.78 is 5.59. The molecule has 1 aliphatic carbocycles. The molecule has 18 heavy (non-hydrogen) atoms. The third-order valence-electron chi connectivity index (χ3n) is 3.72. The molecule has 3 rings (SSSR count). The van der Waals surface area contributed by atoms with Gasteiger partial charge in [-0.05, 0) is 18.1 Å². The van der Waals surface area contributed by atoms with Crippen molar-refractivity contribution in [1.29, 1.82) is 0 Å². The van der Waals surface area contributed by atoms with Crippen LogP contribution in [0.3, 0.4) is 0 Å². The van der Waals surface area contributed by atoms with Gasteiger partial charge in [0, 0.05) is 11.8 Å². The van der Waals surface area contributed by atoms with Gasteiger partial charge >= 0.3 is 0 Å². The highest BCUT2D eigenvalue weighted by atomic mass is 35.5. The Balaban J connectivity index is 1.85. The second kappa shape index (κ2) is 4.77. The zero-order chi connectivity index (χ0) is 12.5. The first-order valence-electron chi connectivity index (χ1n) is 6.45. The maximum atomic E-state index is 12.1. The van der Waals surface area contributed by atoms with E-state index in [4.69, 9.17) is 16.0 Å². The number of halogens is 1. The van der Waals surface area contributed by atoms with E-state index in [1.165, 1.54) is 25.7 Å². The Hall–Kier alpha value is -1.28.